The monoisotopic (exact) mass is 340 g/mol. The van der Waals surface area contributed by atoms with Crippen molar-refractivity contribution >= 4 is 28.5 Å². The highest BCUT2D eigenvalue weighted by Gasteiger charge is 2.09. The normalized spacial score (nSPS) is 10.6. The van der Waals surface area contributed by atoms with Crippen molar-refractivity contribution in [2.75, 3.05) is 11.9 Å². The van der Waals surface area contributed by atoms with Gasteiger partial charge in [0.05, 0.1) is 24.5 Å². The highest BCUT2D eigenvalue weighted by Crippen LogP contribution is 2.17. The summed E-state index contributed by atoms with van der Waals surface area (Å²) in [4.78, 5) is 26.8. The highest BCUT2D eigenvalue weighted by atomic mass is 16.5. The highest BCUT2D eigenvalue weighted by molar-refractivity contribution is 6.04. The van der Waals surface area contributed by atoms with Gasteiger partial charge in [-0.15, -0.1) is 0 Å². The number of nitrogens with one attached hydrogen (secondary N) is 2. The molecule has 0 unspecified atom stereocenters. The van der Waals surface area contributed by atoms with Crippen molar-refractivity contribution in [2.24, 2.45) is 0 Å². The number of pyridine rings is 1. The molecule has 0 saturated heterocycles. The summed E-state index contributed by atoms with van der Waals surface area (Å²) in [6, 6.07) is 8.50. The molecule has 8 nitrogen and oxygen atoms in total. The lowest BCUT2D eigenvalue weighted by Gasteiger charge is -2.08. The van der Waals surface area contributed by atoms with E-state index in [4.69, 9.17) is 9.84 Å². The van der Waals surface area contributed by atoms with Crippen LogP contribution in [0.1, 0.15) is 23.3 Å². The molecule has 8 heteroatoms. The van der Waals surface area contributed by atoms with Gasteiger partial charge < -0.3 is 15.2 Å². The Balaban J connectivity index is 1.57. The van der Waals surface area contributed by atoms with Gasteiger partial charge in [-0.05, 0) is 36.8 Å². The number of carboxylic acid groups (broad SMARTS) is 1. The summed E-state index contributed by atoms with van der Waals surface area (Å²) in [5.74, 6) is -0.552. The molecule has 2 heterocycles. The molecule has 0 fully saturated rings. The van der Waals surface area contributed by atoms with Gasteiger partial charge in [0.2, 0.25) is 0 Å². The van der Waals surface area contributed by atoms with Crippen molar-refractivity contribution < 1.29 is 19.4 Å². The predicted molar refractivity (Wildman–Crippen MR) is 90.6 cm³/mol. The summed E-state index contributed by atoms with van der Waals surface area (Å²) in [5.41, 5.74) is 1.67. The molecule has 128 valence electrons. The molecule has 1 amide bonds. The van der Waals surface area contributed by atoms with Crippen LogP contribution in [-0.4, -0.2) is 38.8 Å². The number of anilines is 1. The van der Waals surface area contributed by atoms with E-state index in [2.05, 4.69) is 20.5 Å². The van der Waals surface area contributed by atoms with E-state index in [1.165, 1.54) is 0 Å². The third-order valence-corrected chi connectivity index (χ3v) is 3.47. The summed E-state index contributed by atoms with van der Waals surface area (Å²) in [5, 5.41) is 18.8. The number of ether oxygens (including phenoxy) is 1. The van der Waals surface area contributed by atoms with Crippen molar-refractivity contribution in [3.63, 3.8) is 0 Å². The SMILES string of the molecule is O=C(O)CCCOc1ccc(NC(=O)c2cc3cn[nH]c3cn2)cc1. The number of H-pyrrole nitrogens is 1. The molecule has 0 radical (unpaired) electrons. The summed E-state index contributed by atoms with van der Waals surface area (Å²) in [7, 11) is 0. The van der Waals surface area contributed by atoms with Crippen molar-refractivity contribution in [3.05, 3.63) is 48.4 Å². The number of carboxylic acids is 1. The number of aromatic nitrogens is 3. The van der Waals surface area contributed by atoms with Crippen LogP contribution in [0.25, 0.3) is 10.9 Å². The van der Waals surface area contributed by atoms with E-state index in [0.29, 0.717) is 30.2 Å². The maximum absolute atomic E-state index is 12.2. The summed E-state index contributed by atoms with van der Waals surface area (Å²) in [6.45, 7) is 0.326. The number of hydrogen-bond acceptors (Lipinski definition) is 5. The van der Waals surface area contributed by atoms with E-state index >= 15 is 0 Å². The number of benzene rings is 1. The molecule has 3 rings (SSSR count). The number of amides is 1. The lowest BCUT2D eigenvalue weighted by molar-refractivity contribution is -0.137. The second-order valence-corrected chi connectivity index (χ2v) is 5.35. The van der Waals surface area contributed by atoms with Crippen molar-refractivity contribution in [3.8, 4) is 5.75 Å². The molecule has 0 aliphatic heterocycles. The molecule has 0 spiro atoms. The van der Waals surface area contributed by atoms with Gasteiger partial charge in [0.25, 0.3) is 5.91 Å². The molecule has 3 N–H and O–H groups in total. The van der Waals surface area contributed by atoms with Gasteiger partial charge in [-0.3, -0.25) is 14.7 Å². The molecule has 3 aromatic rings. The largest absolute Gasteiger partial charge is 0.494 e. The van der Waals surface area contributed by atoms with Gasteiger partial charge in [0.1, 0.15) is 11.4 Å². The minimum atomic E-state index is -0.844. The fraction of sp³-hybridized carbons (Fsp3) is 0.176. The fourth-order valence-electron chi connectivity index (χ4n) is 2.21. The molecule has 0 aliphatic rings. The average molecular weight is 340 g/mol. The van der Waals surface area contributed by atoms with Gasteiger partial charge in [-0.25, -0.2) is 4.98 Å². The van der Waals surface area contributed by atoms with Gasteiger partial charge in [0.15, 0.2) is 0 Å². The Bertz CT molecular complexity index is 889. The third-order valence-electron chi connectivity index (χ3n) is 3.47. The van der Waals surface area contributed by atoms with Crippen LogP contribution in [-0.2, 0) is 4.79 Å². The Hall–Kier alpha value is -3.42. The van der Waals surface area contributed by atoms with E-state index in [9.17, 15) is 9.59 Å². The summed E-state index contributed by atoms with van der Waals surface area (Å²) in [6.07, 6.45) is 3.70. The van der Waals surface area contributed by atoms with Gasteiger partial charge in [-0.2, -0.15) is 5.10 Å². The maximum atomic E-state index is 12.2. The minimum Gasteiger partial charge on any atom is -0.494 e. The first-order chi connectivity index (χ1) is 12.1. The zero-order chi connectivity index (χ0) is 17.6. The minimum absolute atomic E-state index is 0.0716. The van der Waals surface area contributed by atoms with Crippen LogP contribution in [0.2, 0.25) is 0 Å². The molecule has 25 heavy (non-hydrogen) atoms. The standard InChI is InChI=1S/C17H16N4O4/c22-16(23)2-1-7-25-13-5-3-12(4-6-13)20-17(24)14-8-11-9-19-21-15(11)10-18-14/h3-6,8-10H,1-2,7H2,(H,19,21)(H,20,24)(H,22,23). The quantitative estimate of drug-likeness (QED) is 0.569. The van der Waals surface area contributed by atoms with Crippen molar-refractivity contribution in [1.82, 2.24) is 15.2 Å². The van der Waals surface area contributed by atoms with E-state index < -0.39 is 5.97 Å². The Morgan fingerprint density at radius 3 is 2.76 bits per heavy atom. The summed E-state index contributed by atoms with van der Waals surface area (Å²) < 4.78 is 5.44. The van der Waals surface area contributed by atoms with Crippen LogP contribution in [0, 0.1) is 0 Å². The lowest BCUT2D eigenvalue weighted by atomic mass is 10.2. The first kappa shape index (κ1) is 16.4. The number of carbonyl (C=O) groups is 2. The van der Waals surface area contributed by atoms with Crippen LogP contribution in [0.3, 0.4) is 0 Å². The van der Waals surface area contributed by atoms with Gasteiger partial charge in [-0.1, -0.05) is 0 Å². The van der Waals surface area contributed by atoms with E-state index in [1.807, 2.05) is 0 Å². The Kier molecular flexibility index (Phi) is 4.89. The van der Waals surface area contributed by atoms with Gasteiger partial charge >= 0.3 is 5.97 Å². The zero-order valence-corrected chi connectivity index (χ0v) is 13.2. The maximum Gasteiger partial charge on any atom is 0.303 e. The first-order valence-electron chi connectivity index (χ1n) is 7.67. The van der Waals surface area contributed by atoms with Crippen molar-refractivity contribution in [2.45, 2.75) is 12.8 Å². The number of nitrogens with zero attached hydrogens (tertiary/aromatic N) is 2. The zero-order valence-electron chi connectivity index (χ0n) is 13.2. The van der Waals surface area contributed by atoms with Crippen LogP contribution < -0.4 is 10.1 Å². The van der Waals surface area contributed by atoms with E-state index in [1.54, 1.807) is 42.7 Å². The Morgan fingerprint density at radius 1 is 1.20 bits per heavy atom. The third kappa shape index (κ3) is 4.31. The lowest BCUT2D eigenvalue weighted by Crippen LogP contribution is -2.13. The van der Waals surface area contributed by atoms with Crippen molar-refractivity contribution in [1.29, 1.82) is 0 Å². The second-order valence-electron chi connectivity index (χ2n) is 5.35. The van der Waals surface area contributed by atoms with Crippen LogP contribution in [0.15, 0.2) is 42.7 Å². The molecular weight excluding hydrogens is 324 g/mol. The van der Waals surface area contributed by atoms with Crippen LogP contribution in [0.4, 0.5) is 5.69 Å². The Labute approximate surface area is 142 Å². The van der Waals surface area contributed by atoms with Crippen LogP contribution >= 0.6 is 0 Å². The smallest absolute Gasteiger partial charge is 0.303 e. The topological polar surface area (TPSA) is 117 Å². The number of rotatable bonds is 7. The van der Waals surface area contributed by atoms with Gasteiger partial charge in [0, 0.05) is 17.5 Å². The Morgan fingerprint density at radius 2 is 2.00 bits per heavy atom. The first-order valence-corrected chi connectivity index (χ1v) is 7.67. The molecule has 0 bridgehead atoms. The van der Waals surface area contributed by atoms with E-state index in [-0.39, 0.29) is 12.3 Å². The number of aliphatic carboxylic acids is 1. The fourth-order valence-corrected chi connectivity index (χ4v) is 2.21. The molecule has 0 aliphatic carbocycles. The molecular formula is C17H16N4O4. The summed E-state index contributed by atoms with van der Waals surface area (Å²) >= 11 is 0. The number of aromatic amines is 1. The number of fused-ring (bicyclic) bond motifs is 1. The molecule has 2 aromatic heterocycles. The average Bonchev–Trinajstić information content (AvgIpc) is 3.07. The second kappa shape index (κ2) is 7.43. The number of hydrogen-bond donors (Lipinski definition) is 3. The predicted octanol–water partition coefficient (Wildman–Crippen LogP) is 2.45. The van der Waals surface area contributed by atoms with Crippen LogP contribution in [0.5, 0.6) is 5.75 Å². The molecule has 0 atom stereocenters. The van der Waals surface area contributed by atoms with E-state index in [0.717, 1.165) is 10.9 Å². The molecule has 0 saturated carbocycles. The molecule has 1 aromatic carbocycles. The number of carbonyl (C=O) groups excluding carboxylic acids is 1.